The molecular formula is C12H16N2O6S. The van der Waals surface area contributed by atoms with Gasteiger partial charge in [-0.1, -0.05) is 0 Å². The predicted octanol–water partition coefficient (Wildman–Crippen LogP) is -0.888. The quantitative estimate of drug-likeness (QED) is 0.625. The number of rotatable bonds is 6. The van der Waals surface area contributed by atoms with E-state index in [0.717, 1.165) is 4.31 Å². The number of aliphatic carboxylic acids is 1. The van der Waals surface area contributed by atoms with Crippen molar-refractivity contribution in [2.24, 2.45) is 0 Å². The molecule has 0 heterocycles. The van der Waals surface area contributed by atoms with Crippen LogP contribution in [0.2, 0.25) is 0 Å². The van der Waals surface area contributed by atoms with Crippen molar-refractivity contribution in [3.8, 4) is 0 Å². The van der Waals surface area contributed by atoms with Gasteiger partial charge in [-0.05, 0) is 24.3 Å². The molecule has 0 unspecified atom stereocenters. The third kappa shape index (κ3) is 4.00. The van der Waals surface area contributed by atoms with Crippen LogP contribution in [0.4, 0.5) is 0 Å². The van der Waals surface area contributed by atoms with Gasteiger partial charge >= 0.3 is 5.97 Å². The van der Waals surface area contributed by atoms with Crippen LogP contribution >= 0.6 is 0 Å². The fourth-order valence-corrected chi connectivity index (χ4v) is 2.32. The Bertz CT molecular complexity index is 624. The van der Waals surface area contributed by atoms with Crippen LogP contribution in [-0.4, -0.2) is 61.6 Å². The number of carbonyl (C=O) groups is 2. The zero-order valence-corrected chi connectivity index (χ0v) is 12.3. The van der Waals surface area contributed by atoms with Gasteiger partial charge in [0.2, 0.25) is 10.0 Å². The van der Waals surface area contributed by atoms with E-state index in [-0.39, 0.29) is 10.5 Å². The van der Waals surface area contributed by atoms with Crippen LogP contribution < -0.4 is 5.32 Å². The highest BCUT2D eigenvalue weighted by Crippen LogP contribution is 2.14. The number of nitrogens with one attached hydrogen (secondary N) is 1. The topological polar surface area (TPSA) is 124 Å². The lowest BCUT2D eigenvalue weighted by Crippen LogP contribution is -2.43. The highest BCUT2D eigenvalue weighted by atomic mass is 32.2. The molecule has 0 aliphatic carbocycles. The Labute approximate surface area is 122 Å². The molecule has 1 atom stereocenters. The summed E-state index contributed by atoms with van der Waals surface area (Å²) in [5.74, 6) is -2.08. The number of aliphatic hydroxyl groups excluding tert-OH is 1. The molecule has 1 aromatic carbocycles. The van der Waals surface area contributed by atoms with E-state index in [4.69, 9.17) is 10.2 Å². The minimum Gasteiger partial charge on any atom is -0.480 e. The second kappa shape index (κ2) is 6.66. The molecule has 1 amide bonds. The normalized spacial score (nSPS) is 13.0. The Hall–Kier alpha value is -1.97. The number of hydrogen-bond acceptors (Lipinski definition) is 5. The molecule has 0 spiro atoms. The molecule has 0 saturated heterocycles. The number of nitrogens with zero attached hydrogens (tertiary/aromatic N) is 1. The van der Waals surface area contributed by atoms with Crippen LogP contribution in [0.3, 0.4) is 0 Å². The van der Waals surface area contributed by atoms with Crippen LogP contribution in [0, 0.1) is 0 Å². The minimum absolute atomic E-state index is 0.0148. The molecule has 0 aliphatic rings. The molecule has 0 bridgehead atoms. The van der Waals surface area contributed by atoms with Crippen molar-refractivity contribution in [2.45, 2.75) is 10.9 Å². The SMILES string of the molecule is CN(C)S(=O)(=O)c1ccc(C(=O)N[C@H](CO)C(=O)O)cc1. The fourth-order valence-electron chi connectivity index (χ4n) is 1.42. The van der Waals surface area contributed by atoms with E-state index >= 15 is 0 Å². The van der Waals surface area contributed by atoms with E-state index in [0.29, 0.717) is 0 Å². The number of hydrogen-bond donors (Lipinski definition) is 3. The summed E-state index contributed by atoms with van der Waals surface area (Å²) in [7, 11) is -0.826. The van der Waals surface area contributed by atoms with Crippen LogP contribution in [0.25, 0.3) is 0 Å². The van der Waals surface area contributed by atoms with Crippen molar-refractivity contribution in [3.63, 3.8) is 0 Å². The first kappa shape index (κ1) is 17.1. The summed E-state index contributed by atoms with van der Waals surface area (Å²) in [5.41, 5.74) is 0.0902. The fraction of sp³-hybridized carbons (Fsp3) is 0.333. The third-order valence-electron chi connectivity index (χ3n) is 2.68. The van der Waals surface area contributed by atoms with Gasteiger partial charge in [0.1, 0.15) is 0 Å². The maximum Gasteiger partial charge on any atom is 0.328 e. The Morgan fingerprint density at radius 1 is 1.24 bits per heavy atom. The summed E-state index contributed by atoms with van der Waals surface area (Å²) >= 11 is 0. The summed E-state index contributed by atoms with van der Waals surface area (Å²) in [4.78, 5) is 22.5. The predicted molar refractivity (Wildman–Crippen MR) is 73.3 cm³/mol. The first-order valence-electron chi connectivity index (χ1n) is 5.87. The molecule has 1 aromatic rings. The number of amides is 1. The van der Waals surface area contributed by atoms with Crippen molar-refractivity contribution in [3.05, 3.63) is 29.8 Å². The maximum absolute atomic E-state index is 11.8. The first-order valence-corrected chi connectivity index (χ1v) is 7.31. The number of aliphatic hydroxyl groups is 1. The van der Waals surface area contributed by atoms with Gasteiger partial charge in [0.15, 0.2) is 6.04 Å². The molecule has 21 heavy (non-hydrogen) atoms. The highest BCUT2D eigenvalue weighted by molar-refractivity contribution is 7.89. The molecule has 0 fully saturated rings. The van der Waals surface area contributed by atoms with Crippen molar-refractivity contribution >= 4 is 21.9 Å². The number of carboxylic acids is 1. The van der Waals surface area contributed by atoms with Gasteiger partial charge in [-0.15, -0.1) is 0 Å². The Morgan fingerprint density at radius 2 is 1.76 bits per heavy atom. The lowest BCUT2D eigenvalue weighted by Gasteiger charge is -2.13. The van der Waals surface area contributed by atoms with Crippen molar-refractivity contribution in [1.82, 2.24) is 9.62 Å². The monoisotopic (exact) mass is 316 g/mol. The molecule has 0 aliphatic heterocycles. The van der Waals surface area contributed by atoms with Crippen molar-refractivity contribution in [2.75, 3.05) is 20.7 Å². The molecule has 3 N–H and O–H groups in total. The van der Waals surface area contributed by atoms with E-state index in [9.17, 15) is 18.0 Å². The summed E-state index contributed by atoms with van der Waals surface area (Å²) in [6, 6.07) is 3.62. The molecular weight excluding hydrogens is 300 g/mol. The average Bonchev–Trinajstić information content (AvgIpc) is 2.44. The highest BCUT2D eigenvalue weighted by Gasteiger charge is 2.21. The standard InChI is InChI=1S/C12H16N2O6S/c1-14(2)21(19,20)9-5-3-8(4-6-9)11(16)13-10(7-15)12(17)18/h3-6,10,15H,7H2,1-2H3,(H,13,16)(H,17,18)/t10-/m1/s1. The van der Waals surface area contributed by atoms with Gasteiger partial charge in [0, 0.05) is 19.7 Å². The Balaban J connectivity index is 2.93. The Morgan fingerprint density at radius 3 is 2.14 bits per heavy atom. The zero-order valence-electron chi connectivity index (χ0n) is 11.5. The van der Waals surface area contributed by atoms with Gasteiger partial charge < -0.3 is 15.5 Å². The molecule has 0 radical (unpaired) electrons. The Kier molecular flexibility index (Phi) is 5.41. The molecule has 8 nitrogen and oxygen atoms in total. The van der Waals surface area contributed by atoms with E-state index < -0.39 is 34.5 Å². The number of carbonyl (C=O) groups excluding carboxylic acids is 1. The van der Waals surface area contributed by atoms with Crippen LogP contribution in [-0.2, 0) is 14.8 Å². The van der Waals surface area contributed by atoms with Gasteiger partial charge in [0.25, 0.3) is 5.91 Å². The number of benzene rings is 1. The molecule has 0 aromatic heterocycles. The third-order valence-corrected chi connectivity index (χ3v) is 4.51. The van der Waals surface area contributed by atoms with E-state index in [1.54, 1.807) is 0 Å². The maximum atomic E-state index is 11.8. The zero-order chi connectivity index (χ0) is 16.2. The van der Waals surface area contributed by atoms with Crippen molar-refractivity contribution < 1.29 is 28.2 Å². The summed E-state index contributed by atoms with van der Waals surface area (Å²) in [6.07, 6.45) is 0. The first-order chi connectivity index (χ1) is 9.70. The van der Waals surface area contributed by atoms with Crippen LogP contribution in [0.1, 0.15) is 10.4 Å². The molecule has 116 valence electrons. The molecule has 0 saturated carbocycles. The van der Waals surface area contributed by atoms with Crippen LogP contribution in [0.15, 0.2) is 29.2 Å². The van der Waals surface area contributed by atoms with E-state index in [1.165, 1.54) is 38.4 Å². The number of carboxylic acid groups (broad SMARTS) is 1. The number of sulfonamides is 1. The van der Waals surface area contributed by atoms with Crippen molar-refractivity contribution in [1.29, 1.82) is 0 Å². The van der Waals surface area contributed by atoms with E-state index in [1.807, 2.05) is 0 Å². The van der Waals surface area contributed by atoms with Gasteiger partial charge in [-0.3, -0.25) is 4.79 Å². The lowest BCUT2D eigenvalue weighted by molar-refractivity contribution is -0.140. The summed E-state index contributed by atoms with van der Waals surface area (Å²) in [6.45, 7) is -0.742. The second-order valence-corrected chi connectivity index (χ2v) is 6.51. The molecule has 9 heteroatoms. The summed E-state index contributed by atoms with van der Waals surface area (Å²) in [5, 5.41) is 19.7. The van der Waals surface area contributed by atoms with Gasteiger partial charge in [-0.25, -0.2) is 17.5 Å². The average molecular weight is 316 g/mol. The second-order valence-electron chi connectivity index (χ2n) is 4.36. The smallest absolute Gasteiger partial charge is 0.328 e. The molecule has 1 rings (SSSR count). The van der Waals surface area contributed by atoms with Gasteiger partial charge in [-0.2, -0.15) is 0 Å². The lowest BCUT2D eigenvalue weighted by atomic mass is 10.2. The summed E-state index contributed by atoms with van der Waals surface area (Å²) < 4.78 is 24.7. The largest absolute Gasteiger partial charge is 0.480 e. The van der Waals surface area contributed by atoms with Gasteiger partial charge in [0.05, 0.1) is 11.5 Å². The van der Waals surface area contributed by atoms with Crippen LogP contribution in [0.5, 0.6) is 0 Å². The van der Waals surface area contributed by atoms with E-state index in [2.05, 4.69) is 5.32 Å². The minimum atomic E-state index is -3.59.